The first-order valence-corrected chi connectivity index (χ1v) is 9.35. The third kappa shape index (κ3) is 5.96. The summed E-state index contributed by atoms with van der Waals surface area (Å²) in [5.41, 5.74) is 3.16. The molecule has 1 saturated heterocycles. The summed E-state index contributed by atoms with van der Waals surface area (Å²) in [6.45, 7) is 7.18. The van der Waals surface area contributed by atoms with Gasteiger partial charge >= 0.3 is 0 Å². The van der Waals surface area contributed by atoms with Crippen molar-refractivity contribution in [2.75, 3.05) is 31.2 Å². The van der Waals surface area contributed by atoms with Crippen molar-refractivity contribution in [1.29, 1.82) is 0 Å². The monoisotopic (exact) mass is 366 g/mol. The summed E-state index contributed by atoms with van der Waals surface area (Å²) in [5.74, 6) is 1.75. The molecular formula is C21H26N4O2. The molecule has 0 atom stereocenters. The second-order valence-electron chi connectivity index (χ2n) is 6.82. The van der Waals surface area contributed by atoms with Gasteiger partial charge in [-0.15, -0.1) is 0 Å². The number of ketones is 1. The summed E-state index contributed by atoms with van der Waals surface area (Å²) in [5, 5.41) is 0. The minimum absolute atomic E-state index is 0.148. The standard InChI is InChI=1S/C21H26N4O2/c1-16-4-3-5-18(12-16)14-22-15-19-13-21(25-8-10-27-11-9-25)24-20(23-19)7-6-17(2)26/h3-5,12-14H,6-11,15H2,1-2H3. The van der Waals surface area contributed by atoms with Crippen molar-refractivity contribution >= 4 is 17.8 Å². The van der Waals surface area contributed by atoms with Gasteiger partial charge in [-0.3, -0.25) is 4.99 Å². The van der Waals surface area contributed by atoms with Gasteiger partial charge in [-0.25, -0.2) is 9.97 Å². The number of aliphatic imine (C=N–C) groups is 1. The quantitative estimate of drug-likeness (QED) is 0.705. The number of rotatable bonds is 7. The minimum atomic E-state index is 0.148. The van der Waals surface area contributed by atoms with E-state index in [0.29, 0.717) is 38.4 Å². The van der Waals surface area contributed by atoms with Crippen LogP contribution in [0.3, 0.4) is 0 Å². The fraction of sp³-hybridized carbons (Fsp3) is 0.429. The predicted octanol–water partition coefficient (Wildman–Crippen LogP) is 2.76. The third-order valence-electron chi connectivity index (χ3n) is 4.38. The first kappa shape index (κ1) is 19.2. The Kier molecular flexibility index (Phi) is 6.65. The van der Waals surface area contributed by atoms with Crippen LogP contribution in [0.2, 0.25) is 0 Å². The number of Topliss-reactive ketones (excluding diaryl/α,β-unsaturated/α-hetero) is 1. The molecule has 6 nitrogen and oxygen atoms in total. The van der Waals surface area contributed by atoms with Crippen LogP contribution in [0.4, 0.5) is 5.82 Å². The van der Waals surface area contributed by atoms with E-state index in [0.717, 1.165) is 30.2 Å². The van der Waals surface area contributed by atoms with Crippen LogP contribution in [-0.2, 0) is 22.5 Å². The number of carbonyl (C=O) groups excluding carboxylic acids is 1. The lowest BCUT2D eigenvalue weighted by molar-refractivity contribution is -0.117. The number of aromatic nitrogens is 2. The number of aryl methyl sites for hydroxylation is 2. The summed E-state index contributed by atoms with van der Waals surface area (Å²) in [7, 11) is 0. The highest BCUT2D eigenvalue weighted by Crippen LogP contribution is 2.16. The van der Waals surface area contributed by atoms with E-state index in [9.17, 15) is 4.79 Å². The van der Waals surface area contributed by atoms with E-state index in [1.54, 1.807) is 6.92 Å². The number of benzene rings is 1. The average molecular weight is 366 g/mol. The number of hydrogen-bond donors (Lipinski definition) is 0. The molecule has 1 aliphatic rings. The molecule has 0 spiro atoms. The fourth-order valence-corrected chi connectivity index (χ4v) is 2.97. The van der Waals surface area contributed by atoms with Gasteiger partial charge in [0.2, 0.25) is 0 Å². The second kappa shape index (κ2) is 9.37. The molecule has 2 heterocycles. The Morgan fingerprint density at radius 1 is 1.26 bits per heavy atom. The average Bonchev–Trinajstić information content (AvgIpc) is 2.67. The molecule has 27 heavy (non-hydrogen) atoms. The van der Waals surface area contributed by atoms with Gasteiger partial charge in [-0.1, -0.05) is 29.8 Å². The van der Waals surface area contributed by atoms with Crippen LogP contribution >= 0.6 is 0 Å². The highest BCUT2D eigenvalue weighted by molar-refractivity contribution is 5.79. The molecule has 1 aromatic carbocycles. The van der Waals surface area contributed by atoms with Crippen LogP contribution in [-0.4, -0.2) is 48.3 Å². The van der Waals surface area contributed by atoms with Crippen molar-refractivity contribution < 1.29 is 9.53 Å². The Morgan fingerprint density at radius 3 is 2.81 bits per heavy atom. The highest BCUT2D eigenvalue weighted by atomic mass is 16.5. The molecule has 0 amide bonds. The van der Waals surface area contributed by atoms with Crippen molar-refractivity contribution in [2.45, 2.75) is 33.2 Å². The van der Waals surface area contributed by atoms with Gasteiger partial charge in [0.1, 0.15) is 17.4 Å². The van der Waals surface area contributed by atoms with E-state index in [4.69, 9.17) is 4.74 Å². The zero-order valence-electron chi connectivity index (χ0n) is 16.0. The van der Waals surface area contributed by atoms with Gasteiger partial charge in [0.05, 0.1) is 25.5 Å². The lowest BCUT2D eigenvalue weighted by Crippen LogP contribution is -2.37. The summed E-state index contributed by atoms with van der Waals surface area (Å²) in [4.78, 5) is 27.4. The number of anilines is 1. The Morgan fingerprint density at radius 2 is 2.07 bits per heavy atom. The molecule has 142 valence electrons. The number of ether oxygens (including phenoxy) is 1. The SMILES string of the molecule is CC(=O)CCc1nc(CN=Cc2cccc(C)c2)cc(N2CCOCC2)n1. The number of morpholine rings is 1. The smallest absolute Gasteiger partial charge is 0.132 e. The predicted molar refractivity (Wildman–Crippen MR) is 107 cm³/mol. The van der Waals surface area contributed by atoms with E-state index in [2.05, 4.69) is 38.9 Å². The normalized spacial score (nSPS) is 14.7. The van der Waals surface area contributed by atoms with Gasteiger partial charge in [0.15, 0.2) is 0 Å². The molecule has 1 aromatic heterocycles. The maximum atomic E-state index is 11.3. The zero-order valence-corrected chi connectivity index (χ0v) is 16.0. The van der Waals surface area contributed by atoms with Crippen LogP contribution in [0.5, 0.6) is 0 Å². The summed E-state index contributed by atoms with van der Waals surface area (Å²) in [6, 6.07) is 10.2. The Balaban J connectivity index is 1.77. The molecule has 0 radical (unpaired) electrons. The zero-order chi connectivity index (χ0) is 19.1. The van der Waals surface area contributed by atoms with Crippen molar-refractivity contribution in [1.82, 2.24) is 9.97 Å². The first-order chi connectivity index (χ1) is 13.1. The number of carbonyl (C=O) groups is 1. The molecule has 2 aromatic rings. The lowest BCUT2D eigenvalue weighted by Gasteiger charge is -2.28. The van der Waals surface area contributed by atoms with E-state index < -0.39 is 0 Å². The van der Waals surface area contributed by atoms with Gasteiger partial charge in [0.25, 0.3) is 0 Å². The van der Waals surface area contributed by atoms with E-state index in [-0.39, 0.29) is 5.78 Å². The Labute approximate surface area is 160 Å². The second-order valence-corrected chi connectivity index (χ2v) is 6.82. The van der Waals surface area contributed by atoms with Crippen LogP contribution in [0.1, 0.15) is 36.0 Å². The lowest BCUT2D eigenvalue weighted by atomic mass is 10.1. The largest absolute Gasteiger partial charge is 0.378 e. The molecule has 6 heteroatoms. The van der Waals surface area contributed by atoms with Crippen LogP contribution in [0, 0.1) is 6.92 Å². The fourth-order valence-electron chi connectivity index (χ4n) is 2.97. The minimum Gasteiger partial charge on any atom is -0.378 e. The number of hydrogen-bond acceptors (Lipinski definition) is 6. The van der Waals surface area contributed by atoms with Crippen molar-refractivity contribution in [3.63, 3.8) is 0 Å². The molecule has 1 aliphatic heterocycles. The third-order valence-corrected chi connectivity index (χ3v) is 4.38. The number of nitrogens with zero attached hydrogens (tertiary/aromatic N) is 4. The maximum Gasteiger partial charge on any atom is 0.132 e. The van der Waals surface area contributed by atoms with E-state index >= 15 is 0 Å². The van der Waals surface area contributed by atoms with Crippen molar-refractivity contribution in [3.05, 3.63) is 53.0 Å². The Hall–Kier alpha value is -2.60. The highest BCUT2D eigenvalue weighted by Gasteiger charge is 2.15. The van der Waals surface area contributed by atoms with Gasteiger partial charge in [-0.05, 0) is 19.4 Å². The van der Waals surface area contributed by atoms with E-state index in [1.807, 2.05) is 24.4 Å². The molecule has 0 aliphatic carbocycles. The molecule has 3 rings (SSSR count). The van der Waals surface area contributed by atoms with Crippen LogP contribution in [0.25, 0.3) is 0 Å². The molecule has 0 saturated carbocycles. The topological polar surface area (TPSA) is 67.7 Å². The van der Waals surface area contributed by atoms with Crippen molar-refractivity contribution in [3.8, 4) is 0 Å². The first-order valence-electron chi connectivity index (χ1n) is 9.35. The maximum absolute atomic E-state index is 11.3. The molecular weight excluding hydrogens is 340 g/mol. The summed E-state index contributed by atoms with van der Waals surface area (Å²) < 4.78 is 5.43. The van der Waals surface area contributed by atoms with Gasteiger partial charge < -0.3 is 14.4 Å². The Bertz CT molecular complexity index is 814. The molecule has 0 bridgehead atoms. The molecule has 1 fully saturated rings. The molecule has 0 unspecified atom stereocenters. The summed E-state index contributed by atoms with van der Waals surface area (Å²) >= 11 is 0. The van der Waals surface area contributed by atoms with Gasteiger partial charge in [-0.2, -0.15) is 0 Å². The van der Waals surface area contributed by atoms with Crippen molar-refractivity contribution in [2.24, 2.45) is 4.99 Å². The van der Waals surface area contributed by atoms with Crippen LogP contribution < -0.4 is 4.90 Å². The summed E-state index contributed by atoms with van der Waals surface area (Å²) in [6.07, 6.45) is 2.89. The van der Waals surface area contributed by atoms with Crippen LogP contribution in [0.15, 0.2) is 35.3 Å². The van der Waals surface area contributed by atoms with Gasteiger partial charge in [0, 0.05) is 38.2 Å². The molecule has 0 N–H and O–H groups in total. The van der Waals surface area contributed by atoms with E-state index in [1.165, 1.54) is 5.56 Å².